The Balaban J connectivity index is 3.05. The first-order chi connectivity index (χ1) is 6.42. The lowest BCUT2D eigenvalue weighted by Crippen LogP contribution is -2.26. The molecule has 0 bridgehead atoms. The third kappa shape index (κ3) is 3.04. The first-order valence-corrected chi connectivity index (χ1v) is 5.19. The number of nitrogens with one attached hydrogen (secondary N) is 1. The van der Waals surface area contributed by atoms with Gasteiger partial charge in [-0.3, -0.25) is 0 Å². The monoisotopic (exact) mass is 252 g/mol. The molecule has 74 valence electrons. The molecule has 2 nitrogen and oxygen atoms in total. The van der Waals surface area contributed by atoms with Crippen LogP contribution in [0, 0.1) is 11.3 Å². The molecule has 0 spiro atoms. The van der Waals surface area contributed by atoms with Crippen molar-refractivity contribution in [2.75, 3.05) is 5.32 Å². The minimum absolute atomic E-state index is 0.0283. The minimum Gasteiger partial charge on any atom is -0.379 e. The van der Waals surface area contributed by atoms with Crippen LogP contribution in [0.25, 0.3) is 0 Å². The molecule has 0 amide bonds. The summed E-state index contributed by atoms with van der Waals surface area (Å²) in [6, 6.07) is 7.82. The second-order valence-corrected chi connectivity index (χ2v) is 5.09. The predicted molar refractivity (Wildman–Crippen MR) is 62.2 cm³/mol. The third-order valence-corrected chi connectivity index (χ3v) is 2.10. The molecule has 0 heterocycles. The lowest BCUT2D eigenvalue weighted by atomic mass is 10.1. The molecule has 1 N–H and O–H groups in total. The second-order valence-electron chi connectivity index (χ2n) is 4.18. The van der Waals surface area contributed by atoms with Gasteiger partial charge in [-0.05, 0) is 39.0 Å². The van der Waals surface area contributed by atoms with Gasteiger partial charge in [-0.2, -0.15) is 5.26 Å². The number of anilines is 1. The van der Waals surface area contributed by atoms with E-state index in [1.54, 1.807) is 0 Å². The van der Waals surface area contributed by atoms with Crippen molar-refractivity contribution < 1.29 is 0 Å². The first-order valence-electron chi connectivity index (χ1n) is 4.40. The summed E-state index contributed by atoms with van der Waals surface area (Å²) in [6.07, 6.45) is 0. The van der Waals surface area contributed by atoms with Crippen LogP contribution in [-0.2, 0) is 0 Å². The van der Waals surface area contributed by atoms with E-state index < -0.39 is 0 Å². The highest BCUT2D eigenvalue weighted by Gasteiger charge is 2.11. The number of benzene rings is 1. The Labute approximate surface area is 93.1 Å². The van der Waals surface area contributed by atoms with Crippen LogP contribution < -0.4 is 5.32 Å². The molecule has 0 unspecified atom stereocenters. The van der Waals surface area contributed by atoms with Crippen LogP contribution in [0.15, 0.2) is 22.7 Å². The van der Waals surface area contributed by atoms with Crippen molar-refractivity contribution in [2.45, 2.75) is 26.3 Å². The Morgan fingerprint density at radius 1 is 1.36 bits per heavy atom. The number of halogens is 1. The fourth-order valence-electron chi connectivity index (χ4n) is 1.12. The van der Waals surface area contributed by atoms with Gasteiger partial charge in [0, 0.05) is 10.0 Å². The molecule has 0 aliphatic rings. The van der Waals surface area contributed by atoms with Gasteiger partial charge in [-0.15, -0.1) is 0 Å². The van der Waals surface area contributed by atoms with E-state index in [1.807, 2.05) is 18.2 Å². The smallest absolute Gasteiger partial charge is 0.101 e. The fourth-order valence-corrected chi connectivity index (χ4v) is 1.48. The summed E-state index contributed by atoms with van der Waals surface area (Å²) in [5, 5.41) is 12.2. The average molecular weight is 253 g/mol. The summed E-state index contributed by atoms with van der Waals surface area (Å²) in [5.74, 6) is 0. The summed E-state index contributed by atoms with van der Waals surface area (Å²) < 4.78 is 0.925. The maximum absolute atomic E-state index is 8.93. The molecule has 1 aromatic rings. The third-order valence-electron chi connectivity index (χ3n) is 1.61. The highest BCUT2D eigenvalue weighted by molar-refractivity contribution is 9.10. The Morgan fingerprint density at radius 3 is 2.50 bits per heavy atom. The summed E-state index contributed by atoms with van der Waals surface area (Å²) in [4.78, 5) is 0. The molecular weight excluding hydrogens is 240 g/mol. The van der Waals surface area contributed by atoms with Crippen LogP contribution in [0.3, 0.4) is 0 Å². The number of rotatable bonds is 1. The topological polar surface area (TPSA) is 35.8 Å². The van der Waals surface area contributed by atoms with Crippen LogP contribution in [0.5, 0.6) is 0 Å². The number of hydrogen-bond donors (Lipinski definition) is 1. The summed E-state index contributed by atoms with van der Waals surface area (Å²) in [7, 11) is 0. The van der Waals surface area contributed by atoms with Crippen molar-refractivity contribution >= 4 is 21.6 Å². The zero-order valence-electron chi connectivity index (χ0n) is 8.56. The molecule has 3 heteroatoms. The Morgan fingerprint density at radius 2 is 2.00 bits per heavy atom. The van der Waals surface area contributed by atoms with Crippen LogP contribution in [0.1, 0.15) is 26.3 Å². The summed E-state index contributed by atoms with van der Waals surface area (Å²) in [5.41, 5.74) is 1.51. The molecular formula is C11H13BrN2. The van der Waals surface area contributed by atoms with Crippen molar-refractivity contribution in [3.05, 3.63) is 28.2 Å². The zero-order valence-corrected chi connectivity index (χ0v) is 10.1. The quantitative estimate of drug-likeness (QED) is 0.830. The number of nitriles is 1. The molecule has 1 rings (SSSR count). The van der Waals surface area contributed by atoms with E-state index >= 15 is 0 Å². The predicted octanol–water partition coefficient (Wildman–Crippen LogP) is 3.53. The van der Waals surface area contributed by atoms with Crippen molar-refractivity contribution in [3.8, 4) is 6.07 Å². The van der Waals surface area contributed by atoms with Crippen LogP contribution in [0.4, 0.5) is 5.69 Å². The van der Waals surface area contributed by atoms with E-state index in [0.29, 0.717) is 5.56 Å². The van der Waals surface area contributed by atoms with Gasteiger partial charge < -0.3 is 5.32 Å². The summed E-state index contributed by atoms with van der Waals surface area (Å²) >= 11 is 3.34. The van der Waals surface area contributed by atoms with E-state index in [1.165, 1.54) is 0 Å². The molecule has 0 saturated heterocycles. The van der Waals surface area contributed by atoms with E-state index in [-0.39, 0.29) is 5.54 Å². The highest BCUT2D eigenvalue weighted by Crippen LogP contribution is 2.22. The van der Waals surface area contributed by atoms with Gasteiger partial charge >= 0.3 is 0 Å². The molecule has 1 aromatic carbocycles. The van der Waals surface area contributed by atoms with Gasteiger partial charge in [0.05, 0.1) is 11.3 Å². The maximum atomic E-state index is 8.93. The van der Waals surface area contributed by atoms with E-state index in [2.05, 4.69) is 48.1 Å². The second kappa shape index (κ2) is 4.02. The van der Waals surface area contributed by atoms with Gasteiger partial charge in [-0.25, -0.2) is 0 Å². The fraction of sp³-hybridized carbons (Fsp3) is 0.364. The lowest BCUT2D eigenvalue weighted by molar-refractivity contribution is 0.634. The van der Waals surface area contributed by atoms with E-state index in [9.17, 15) is 0 Å². The molecule has 0 atom stereocenters. The maximum Gasteiger partial charge on any atom is 0.101 e. The molecule has 0 aromatic heterocycles. The Kier molecular flexibility index (Phi) is 3.17. The normalized spacial score (nSPS) is 10.8. The SMILES string of the molecule is CC(C)(C)Nc1ccc(Br)cc1C#N. The van der Waals surface area contributed by atoms with Crippen LogP contribution in [-0.4, -0.2) is 5.54 Å². The number of hydrogen-bond acceptors (Lipinski definition) is 2. The van der Waals surface area contributed by atoms with Gasteiger partial charge in [0.15, 0.2) is 0 Å². The Hall–Kier alpha value is -1.01. The van der Waals surface area contributed by atoms with Crippen LogP contribution >= 0.6 is 15.9 Å². The van der Waals surface area contributed by atoms with Gasteiger partial charge in [0.25, 0.3) is 0 Å². The molecule has 0 radical (unpaired) electrons. The van der Waals surface area contributed by atoms with Crippen molar-refractivity contribution in [1.29, 1.82) is 5.26 Å². The first kappa shape index (κ1) is 11.1. The van der Waals surface area contributed by atoms with Gasteiger partial charge in [0.2, 0.25) is 0 Å². The number of nitrogens with zero attached hydrogens (tertiary/aromatic N) is 1. The molecule has 14 heavy (non-hydrogen) atoms. The molecule has 0 fully saturated rings. The van der Waals surface area contributed by atoms with Crippen molar-refractivity contribution in [3.63, 3.8) is 0 Å². The van der Waals surface area contributed by atoms with E-state index in [4.69, 9.17) is 5.26 Å². The molecule has 0 aliphatic heterocycles. The van der Waals surface area contributed by atoms with Gasteiger partial charge in [-0.1, -0.05) is 15.9 Å². The zero-order chi connectivity index (χ0) is 10.8. The van der Waals surface area contributed by atoms with Crippen molar-refractivity contribution in [1.82, 2.24) is 0 Å². The minimum atomic E-state index is -0.0283. The standard InChI is InChI=1S/C11H13BrN2/c1-11(2,3)14-10-5-4-9(12)6-8(10)7-13/h4-6,14H,1-3H3. The van der Waals surface area contributed by atoms with Crippen molar-refractivity contribution in [2.24, 2.45) is 0 Å². The highest BCUT2D eigenvalue weighted by atomic mass is 79.9. The van der Waals surface area contributed by atoms with E-state index in [0.717, 1.165) is 10.2 Å². The molecule has 0 aliphatic carbocycles. The Bertz CT molecular complexity index is 372. The largest absolute Gasteiger partial charge is 0.379 e. The summed E-state index contributed by atoms with van der Waals surface area (Å²) in [6.45, 7) is 6.20. The van der Waals surface area contributed by atoms with Crippen LogP contribution in [0.2, 0.25) is 0 Å². The average Bonchev–Trinajstić information content (AvgIpc) is 2.06. The molecule has 0 saturated carbocycles. The van der Waals surface area contributed by atoms with Gasteiger partial charge in [0.1, 0.15) is 6.07 Å². The lowest BCUT2D eigenvalue weighted by Gasteiger charge is -2.22.